The first kappa shape index (κ1) is 29.7. The van der Waals surface area contributed by atoms with Gasteiger partial charge in [-0.2, -0.15) is 11.8 Å². The number of H-pyrrole nitrogens is 1. The molecule has 0 aromatic carbocycles. The Morgan fingerprint density at radius 1 is 1.11 bits per heavy atom. The van der Waals surface area contributed by atoms with Crippen LogP contribution < -0.4 is 33.2 Å². The Bertz CT molecular complexity index is 861. The van der Waals surface area contributed by atoms with Crippen LogP contribution in [0.5, 0.6) is 0 Å². The highest BCUT2D eigenvalue weighted by molar-refractivity contribution is 7.98. The number of carbonyl (C=O) groups is 4. The molecule has 0 aliphatic heterocycles. The summed E-state index contributed by atoms with van der Waals surface area (Å²) in [6, 6.07) is -4.05. The molecule has 1 heterocycles. The molecule has 1 rings (SSSR count). The SMILES string of the molecule is CSCCC(NC(=O)C(N)Cc1cnc[nH]1)C(=O)NC(C)C(=O)NC(CCCN=C(N)N)C(=O)O. The summed E-state index contributed by atoms with van der Waals surface area (Å²) in [7, 11) is 0. The Balaban J connectivity index is 2.68. The fourth-order valence-corrected chi connectivity index (χ4v) is 3.42. The monoisotopic (exact) mass is 513 g/mol. The highest BCUT2D eigenvalue weighted by Crippen LogP contribution is 2.04. The molecule has 1 aromatic rings. The van der Waals surface area contributed by atoms with Gasteiger partial charge in [-0.1, -0.05) is 0 Å². The number of nitrogens with two attached hydrogens (primary N) is 3. The summed E-state index contributed by atoms with van der Waals surface area (Å²) in [5, 5.41) is 16.9. The van der Waals surface area contributed by atoms with Crippen molar-refractivity contribution in [1.29, 1.82) is 0 Å². The van der Waals surface area contributed by atoms with E-state index in [1.54, 1.807) is 6.20 Å². The van der Waals surface area contributed by atoms with Crippen molar-refractivity contribution in [2.45, 2.75) is 56.8 Å². The zero-order valence-corrected chi connectivity index (χ0v) is 20.6. The number of carbonyl (C=O) groups excluding carboxylic acids is 3. The third kappa shape index (κ3) is 11.6. The molecular formula is C20H35N9O5S. The standard InChI is InChI=1S/C20H35N9O5S/c1-11(16(30)29-15(19(33)34)4-3-6-25-20(22)23)27-18(32)14(5-7-35-2)28-17(31)13(21)8-12-9-24-10-26-12/h9-11,13-15H,3-8,21H2,1-2H3,(H,24,26)(H,27,32)(H,28,31)(H,29,30)(H,33,34)(H4,22,23,25). The van der Waals surface area contributed by atoms with E-state index in [4.69, 9.17) is 17.2 Å². The quantitative estimate of drug-likeness (QED) is 0.0664. The van der Waals surface area contributed by atoms with Gasteiger partial charge in [-0.25, -0.2) is 9.78 Å². The maximum atomic E-state index is 12.8. The maximum absolute atomic E-state index is 12.8. The van der Waals surface area contributed by atoms with Crippen LogP contribution in [0.4, 0.5) is 0 Å². The van der Waals surface area contributed by atoms with Gasteiger partial charge in [-0.3, -0.25) is 19.4 Å². The number of nitrogens with zero attached hydrogens (tertiary/aromatic N) is 2. The lowest BCUT2D eigenvalue weighted by molar-refractivity contribution is -0.142. The summed E-state index contributed by atoms with van der Waals surface area (Å²) < 4.78 is 0. The molecule has 3 amide bonds. The average Bonchev–Trinajstić information content (AvgIpc) is 3.30. The van der Waals surface area contributed by atoms with Gasteiger partial charge in [0, 0.05) is 24.9 Å². The molecule has 35 heavy (non-hydrogen) atoms. The number of aromatic nitrogens is 2. The zero-order chi connectivity index (χ0) is 26.4. The molecule has 196 valence electrons. The molecule has 4 atom stereocenters. The molecular weight excluding hydrogens is 478 g/mol. The van der Waals surface area contributed by atoms with Crippen molar-refractivity contribution < 1.29 is 24.3 Å². The molecule has 0 radical (unpaired) electrons. The first-order valence-corrected chi connectivity index (χ1v) is 12.4. The number of hydrogen-bond acceptors (Lipinski definition) is 8. The number of amides is 3. The van der Waals surface area contributed by atoms with E-state index in [1.807, 2.05) is 6.26 Å². The summed E-state index contributed by atoms with van der Waals surface area (Å²) in [6.45, 7) is 1.64. The molecule has 0 saturated carbocycles. The summed E-state index contributed by atoms with van der Waals surface area (Å²) in [5.41, 5.74) is 17.1. The predicted molar refractivity (Wildman–Crippen MR) is 132 cm³/mol. The van der Waals surface area contributed by atoms with Gasteiger partial charge in [0.05, 0.1) is 12.4 Å². The van der Waals surface area contributed by atoms with Crippen molar-refractivity contribution >= 4 is 41.4 Å². The normalized spacial score (nSPS) is 14.1. The number of hydrogen-bond donors (Lipinski definition) is 8. The number of carboxylic acid groups (broad SMARTS) is 1. The number of carboxylic acids is 1. The third-order valence-corrected chi connectivity index (χ3v) is 5.53. The van der Waals surface area contributed by atoms with Crippen LogP contribution in [0.15, 0.2) is 17.5 Å². The minimum Gasteiger partial charge on any atom is -0.480 e. The van der Waals surface area contributed by atoms with Crippen molar-refractivity contribution in [3.05, 3.63) is 18.2 Å². The number of rotatable bonds is 16. The molecule has 0 saturated heterocycles. The van der Waals surface area contributed by atoms with Crippen LogP contribution in [0.2, 0.25) is 0 Å². The van der Waals surface area contributed by atoms with E-state index in [2.05, 4.69) is 30.9 Å². The Morgan fingerprint density at radius 3 is 2.37 bits per heavy atom. The largest absolute Gasteiger partial charge is 0.480 e. The lowest BCUT2D eigenvalue weighted by atomic mass is 10.1. The van der Waals surface area contributed by atoms with Gasteiger partial charge in [0.1, 0.15) is 18.1 Å². The highest BCUT2D eigenvalue weighted by atomic mass is 32.2. The van der Waals surface area contributed by atoms with Crippen molar-refractivity contribution in [2.24, 2.45) is 22.2 Å². The van der Waals surface area contributed by atoms with E-state index in [0.717, 1.165) is 0 Å². The van der Waals surface area contributed by atoms with Crippen molar-refractivity contribution in [3.63, 3.8) is 0 Å². The van der Waals surface area contributed by atoms with Crippen LogP contribution in [0, 0.1) is 0 Å². The number of nitrogens with one attached hydrogen (secondary N) is 4. The topological polar surface area (TPSA) is 244 Å². The molecule has 0 aliphatic carbocycles. The summed E-state index contributed by atoms with van der Waals surface area (Å²) in [6.07, 6.45) is 5.83. The minimum absolute atomic E-state index is 0.0964. The number of aromatic amines is 1. The number of thioether (sulfide) groups is 1. The van der Waals surface area contributed by atoms with Crippen LogP contribution in [0.3, 0.4) is 0 Å². The molecule has 4 unspecified atom stereocenters. The lowest BCUT2D eigenvalue weighted by Crippen LogP contribution is -2.56. The van der Waals surface area contributed by atoms with Crippen LogP contribution in [-0.2, 0) is 25.6 Å². The second-order valence-corrected chi connectivity index (χ2v) is 8.79. The Hall–Kier alpha value is -3.33. The van der Waals surface area contributed by atoms with Crippen LogP contribution in [-0.4, -0.2) is 87.4 Å². The van der Waals surface area contributed by atoms with E-state index in [1.165, 1.54) is 25.0 Å². The first-order chi connectivity index (χ1) is 16.5. The van der Waals surface area contributed by atoms with Crippen molar-refractivity contribution in [2.75, 3.05) is 18.6 Å². The smallest absolute Gasteiger partial charge is 0.326 e. The van der Waals surface area contributed by atoms with E-state index < -0.39 is 47.9 Å². The molecule has 11 N–H and O–H groups in total. The van der Waals surface area contributed by atoms with Gasteiger partial charge >= 0.3 is 5.97 Å². The number of aliphatic carboxylic acids is 1. The Morgan fingerprint density at radius 2 is 1.80 bits per heavy atom. The van der Waals surface area contributed by atoms with E-state index in [-0.39, 0.29) is 25.3 Å². The van der Waals surface area contributed by atoms with Crippen molar-refractivity contribution in [1.82, 2.24) is 25.9 Å². The molecule has 14 nitrogen and oxygen atoms in total. The van der Waals surface area contributed by atoms with Crippen molar-refractivity contribution in [3.8, 4) is 0 Å². The van der Waals surface area contributed by atoms with E-state index >= 15 is 0 Å². The fourth-order valence-electron chi connectivity index (χ4n) is 2.95. The van der Waals surface area contributed by atoms with Crippen LogP contribution in [0.25, 0.3) is 0 Å². The van der Waals surface area contributed by atoms with Gasteiger partial charge in [-0.05, 0) is 38.2 Å². The average molecular weight is 514 g/mol. The lowest BCUT2D eigenvalue weighted by Gasteiger charge is -2.23. The van der Waals surface area contributed by atoms with E-state index in [0.29, 0.717) is 24.3 Å². The zero-order valence-electron chi connectivity index (χ0n) is 19.8. The molecule has 1 aromatic heterocycles. The second kappa shape index (κ2) is 15.5. The summed E-state index contributed by atoms with van der Waals surface area (Å²) in [5.74, 6) is -2.54. The van der Waals surface area contributed by atoms with Crippen LogP contribution in [0.1, 0.15) is 31.9 Å². The predicted octanol–water partition coefficient (Wildman–Crippen LogP) is -2.35. The first-order valence-electron chi connectivity index (χ1n) is 11.0. The second-order valence-electron chi connectivity index (χ2n) is 7.81. The van der Waals surface area contributed by atoms with Gasteiger partial charge in [0.25, 0.3) is 0 Å². The third-order valence-electron chi connectivity index (χ3n) is 4.89. The molecule has 0 aliphatic rings. The fraction of sp³-hybridized carbons (Fsp3) is 0.600. The Kier molecular flexibility index (Phi) is 13.2. The summed E-state index contributed by atoms with van der Waals surface area (Å²) in [4.78, 5) is 59.8. The summed E-state index contributed by atoms with van der Waals surface area (Å²) >= 11 is 1.49. The van der Waals surface area contributed by atoms with Gasteiger partial charge in [-0.15, -0.1) is 0 Å². The van der Waals surface area contributed by atoms with Gasteiger partial charge in [0.2, 0.25) is 17.7 Å². The number of guanidine groups is 1. The minimum atomic E-state index is -1.22. The maximum Gasteiger partial charge on any atom is 0.326 e. The number of imidazole rings is 1. The molecule has 0 spiro atoms. The van der Waals surface area contributed by atoms with E-state index in [9.17, 15) is 24.3 Å². The number of aliphatic imine (C=N–C) groups is 1. The molecule has 0 fully saturated rings. The van der Waals surface area contributed by atoms with Gasteiger partial charge in [0.15, 0.2) is 5.96 Å². The van der Waals surface area contributed by atoms with Crippen LogP contribution >= 0.6 is 11.8 Å². The van der Waals surface area contributed by atoms with Gasteiger partial charge < -0.3 is 43.2 Å². The Labute approximate surface area is 207 Å². The molecule has 0 bridgehead atoms. The highest BCUT2D eigenvalue weighted by Gasteiger charge is 2.28. The molecule has 15 heteroatoms.